The fourth-order valence-electron chi connectivity index (χ4n) is 7.85. The summed E-state index contributed by atoms with van der Waals surface area (Å²) in [6, 6.07) is -8.75. The minimum absolute atomic E-state index is 0.0120. The van der Waals surface area contributed by atoms with E-state index in [4.69, 9.17) is 5.73 Å². The van der Waals surface area contributed by atoms with Crippen LogP contribution in [0.25, 0.3) is 0 Å². The highest BCUT2D eigenvalue weighted by Crippen LogP contribution is 2.23. The SMILES string of the molecule is CC(C)[C@H](N)C(=O)N[C@H](C(=O)N[C@@H](CC(=O)O)C(=O)N[C@@H](CO)C(=O)N[C@@H](Cc1ccc(O)cc1)C(=O)N1CCC[C@H]1C(=O)N[C@@H](CCC(=O)O)C(=O)N1CCC[C@H]1C(=O)N[C@H](C(=O)O)[C@@H](C)O)[C@@H](C)O. The normalized spacial score (nSPS) is 19.3. The molecule has 2 saturated heterocycles. The van der Waals surface area contributed by atoms with Crippen molar-refractivity contribution in [2.24, 2.45) is 11.7 Å². The van der Waals surface area contributed by atoms with E-state index in [0.29, 0.717) is 5.56 Å². The molecule has 0 saturated carbocycles. The average Bonchev–Trinajstić information content (AvgIpc) is 4.00. The quantitative estimate of drug-likeness (QED) is 0.0413. The molecule has 27 heteroatoms. The molecule has 27 nitrogen and oxygen atoms in total. The number of aliphatic carboxylic acids is 3. The summed E-state index contributed by atoms with van der Waals surface area (Å²) in [4.78, 5) is 146. The lowest BCUT2D eigenvalue weighted by atomic mass is 10.0. The van der Waals surface area contributed by atoms with E-state index in [0.717, 1.165) is 23.6 Å². The van der Waals surface area contributed by atoms with Crippen LogP contribution in [0, 0.1) is 5.92 Å². The molecule has 11 atom stereocenters. The van der Waals surface area contributed by atoms with E-state index in [-0.39, 0.29) is 56.9 Å². The number of nitrogens with zero attached hydrogens (tertiary/aromatic N) is 2. The highest BCUT2D eigenvalue weighted by atomic mass is 16.4. The summed E-state index contributed by atoms with van der Waals surface area (Å²) in [6.45, 7) is 4.25. The molecule has 0 radical (unpaired) electrons. The molecule has 0 unspecified atom stereocenters. The summed E-state index contributed by atoms with van der Waals surface area (Å²) in [5, 5.41) is 82.5. The van der Waals surface area contributed by atoms with Crippen molar-refractivity contribution in [1.29, 1.82) is 0 Å². The Morgan fingerprint density at radius 3 is 1.59 bits per heavy atom. The van der Waals surface area contributed by atoms with Crippen LogP contribution in [-0.4, -0.2) is 197 Å². The summed E-state index contributed by atoms with van der Waals surface area (Å²) in [5.41, 5.74) is 6.20. The van der Waals surface area contributed by atoms with Crippen LogP contribution in [0.5, 0.6) is 5.75 Å². The van der Waals surface area contributed by atoms with Gasteiger partial charge in [-0.25, -0.2) is 4.79 Å². The molecule has 0 aliphatic carbocycles. The largest absolute Gasteiger partial charge is 0.508 e. The number of aromatic hydroxyl groups is 1. The van der Waals surface area contributed by atoms with Gasteiger partial charge in [-0.3, -0.25) is 47.9 Å². The van der Waals surface area contributed by atoms with E-state index in [1.807, 2.05) is 0 Å². The van der Waals surface area contributed by atoms with Gasteiger partial charge in [0.2, 0.25) is 47.3 Å². The number of carbonyl (C=O) groups excluding carboxylic acids is 8. The van der Waals surface area contributed by atoms with E-state index in [1.54, 1.807) is 13.8 Å². The predicted octanol–water partition coefficient (Wildman–Crippen LogP) is -5.01. The number of phenols is 1. The van der Waals surface area contributed by atoms with Crippen LogP contribution in [0.2, 0.25) is 0 Å². The van der Waals surface area contributed by atoms with Gasteiger partial charge in [0.05, 0.1) is 31.3 Å². The molecule has 394 valence electrons. The second-order valence-electron chi connectivity index (χ2n) is 17.8. The van der Waals surface area contributed by atoms with Gasteiger partial charge < -0.3 is 83.2 Å². The van der Waals surface area contributed by atoms with Gasteiger partial charge >= 0.3 is 17.9 Å². The maximum Gasteiger partial charge on any atom is 0.328 e. The third-order valence-electron chi connectivity index (χ3n) is 11.9. The maximum atomic E-state index is 14.5. The second-order valence-corrected chi connectivity index (χ2v) is 17.8. The number of carboxylic acids is 3. The molecule has 0 aromatic heterocycles. The molecule has 3 rings (SSSR count). The van der Waals surface area contributed by atoms with E-state index >= 15 is 0 Å². The number of likely N-dealkylation sites (tertiary alicyclic amines) is 2. The zero-order valence-electron chi connectivity index (χ0n) is 39.6. The summed E-state index contributed by atoms with van der Waals surface area (Å²) in [7, 11) is 0. The minimum atomic E-state index is -1.96. The number of carboxylic acid groups (broad SMARTS) is 3. The number of rotatable bonds is 26. The zero-order chi connectivity index (χ0) is 53.4. The summed E-state index contributed by atoms with van der Waals surface area (Å²) < 4.78 is 0. The number of nitrogens with two attached hydrogens (primary N) is 1. The standard InChI is InChI=1S/C44H65N9O18/c1-20(2)33(45)40(66)50-34(21(3)55)41(67)47-26(18-32(60)61)36(62)49-28(19-54)37(63)48-27(17-23-9-11-24(57)12-10-23)43(69)53-16-5-7-29(53)38(64)46-25(13-14-31(58)59)42(68)52-15-6-8-30(52)39(65)51-35(22(4)56)44(70)71/h9-12,20-22,25-30,33-35,54-57H,5-8,13-19,45H2,1-4H3,(H,46,64)(H,47,67)(H,48,63)(H,49,62)(H,50,66)(H,51,65)(H,58,59)(H,60,61)(H,70,71)/t21-,22-,25+,26+,27+,28+,29+,30+,33+,34+,35+/m1/s1. The number of benzene rings is 1. The number of aliphatic hydroxyl groups is 3. The van der Waals surface area contributed by atoms with Crippen molar-refractivity contribution in [2.45, 2.75) is 146 Å². The van der Waals surface area contributed by atoms with Crippen LogP contribution in [0.1, 0.15) is 78.2 Å². The number of hydrogen-bond acceptors (Lipinski definition) is 16. The van der Waals surface area contributed by atoms with Gasteiger partial charge in [-0.1, -0.05) is 26.0 Å². The molecule has 8 amide bonds. The fraction of sp³-hybridized carbons (Fsp3) is 0.614. The second kappa shape index (κ2) is 26.9. The number of carbonyl (C=O) groups is 11. The number of hydrogen-bond donors (Lipinski definition) is 14. The third kappa shape index (κ3) is 16.9. The Morgan fingerprint density at radius 2 is 1.11 bits per heavy atom. The Kier molecular flexibility index (Phi) is 22.1. The smallest absolute Gasteiger partial charge is 0.328 e. The van der Waals surface area contributed by atoms with Crippen LogP contribution < -0.4 is 37.6 Å². The van der Waals surface area contributed by atoms with Crippen LogP contribution >= 0.6 is 0 Å². The summed E-state index contributed by atoms with van der Waals surface area (Å²) >= 11 is 0. The molecule has 0 spiro atoms. The maximum absolute atomic E-state index is 14.5. The lowest BCUT2D eigenvalue weighted by Gasteiger charge is -2.32. The molecule has 2 fully saturated rings. The van der Waals surface area contributed by atoms with Crippen LogP contribution in [-0.2, 0) is 59.2 Å². The summed E-state index contributed by atoms with van der Waals surface area (Å²) in [6.07, 6.45) is -5.00. The molecule has 1 aromatic carbocycles. The lowest BCUT2D eigenvalue weighted by Crippen LogP contribution is -2.62. The van der Waals surface area contributed by atoms with Crippen LogP contribution in [0.15, 0.2) is 24.3 Å². The number of nitrogens with one attached hydrogen (secondary N) is 6. The molecule has 15 N–H and O–H groups in total. The van der Waals surface area contributed by atoms with Crippen molar-refractivity contribution in [3.05, 3.63) is 29.8 Å². The Labute approximate surface area is 407 Å². The van der Waals surface area contributed by atoms with Gasteiger partial charge in [-0.05, 0) is 69.6 Å². The molecule has 1 aromatic rings. The van der Waals surface area contributed by atoms with Gasteiger partial charge in [0.25, 0.3) is 0 Å². The minimum Gasteiger partial charge on any atom is -0.508 e. The van der Waals surface area contributed by atoms with Crippen molar-refractivity contribution in [3.63, 3.8) is 0 Å². The lowest BCUT2D eigenvalue weighted by molar-refractivity contribution is -0.147. The van der Waals surface area contributed by atoms with Crippen molar-refractivity contribution >= 4 is 65.2 Å². The molecule has 0 bridgehead atoms. The van der Waals surface area contributed by atoms with Crippen LogP contribution in [0.3, 0.4) is 0 Å². The fourth-order valence-corrected chi connectivity index (χ4v) is 7.85. The Balaban J connectivity index is 1.87. The zero-order valence-corrected chi connectivity index (χ0v) is 39.6. The Bertz CT molecular complexity index is 2120. The van der Waals surface area contributed by atoms with Crippen molar-refractivity contribution in [2.75, 3.05) is 19.7 Å². The molecule has 2 aliphatic rings. The van der Waals surface area contributed by atoms with Crippen LogP contribution in [0.4, 0.5) is 0 Å². The predicted molar refractivity (Wildman–Crippen MR) is 243 cm³/mol. The average molecular weight is 1010 g/mol. The topological polar surface area (TPSA) is 434 Å². The molecular formula is C44H65N9O18. The van der Waals surface area contributed by atoms with Gasteiger partial charge in [0.15, 0.2) is 6.04 Å². The first-order valence-electron chi connectivity index (χ1n) is 22.9. The van der Waals surface area contributed by atoms with Gasteiger partial charge in [-0.2, -0.15) is 0 Å². The first-order valence-corrected chi connectivity index (χ1v) is 22.9. The highest BCUT2D eigenvalue weighted by Gasteiger charge is 2.43. The first kappa shape index (κ1) is 58.3. The monoisotopic (exact) mass is 1010 g/mol. The Hall–Kier alpha value is -6.97. The van der Waals surface area contributed by atoms with Gasteiger partial charge in [0, 0.05) is 25.9 Å². The Morgan fingerprint density at radius 1 is 0.620 bits per heavy atom. The van der Waals surface area contributed by atoms with Gasteiger partial charge in [0.1, 0.15) is 48.0 Å². The van der Waals surface area contributed by atoms with Crippen molar-refractivity contribution in [1.82, 2.24) is 41.7 Å². The molecule has 2 heterocycles. The summed E-state index contributed by atoms with van der Waals surface area (Å²) in [5.74, 6) is -13.2. The molecule has 71 heavy (non-hydrogen) atoms. The molecule has 2 aliphatic heterocycles. The highest BCUT2D eigenvalue weighted by molar-refractivity contribution is 5.99. The number of amides is 8. The third-order valence-corrected chi connectivity index (χ3v) is 11.9. The van der Waals surface area contributed by atoms with Crippen molar-refractivity contribution in [3.8, 4) is 5.75 Å². The first-order chi connectivity index (χ1) is 33.3. The van der Waals surface area contributed by atoms with E-state index in [2.05, 4.69) is 31.9 Å². The van der Waals surface area contributed by atoms with E-state index in [9.17, 15) is 88.5 Å². The van der Waals surface area contributed by atoms with E-state index < -0.39 is 158 Å². The molecular weight excluding hydrogens is 943 g/mol. The number of phenolic OH excluding ortho intramolecular Hbond substituents is 1. The van der Waals surface area contributed by atoms with E-state index in [1.165, 1.54) is 24.3 Å². The van der Waals surface area contributed by atoms with Gasteiger partial charge in [-0.15, -0.1) is 0 Å². The number of aliphatic hydroxyl groups excluding tert-OH is 3. The van der Waals surface area contributed by atoms with Crippen molar-refractivity contribution < 1.29 is 88.5 Å².